The van der Waals surface area contributed by atoms with Crippen LogP contribution in [0.4, 0.5) is 5.82 Å². The lowest BCUT2D eigenvalue weighted by molar-refractivity contribution is -0.132. The van der Waals surface area contributed by atoms with Crippen molar-refractivity contribution in [2.75, 3.05) is 4.90 Å². The van der Waals surface area contributed by atoms with Gasteiger partial charge in [0.05, 0.1) is 11.6 Å². The number of hydrogen-bond acceptors (Lipinski definition) is 4. The molecule has 6 heteroatoms. The smallest absolute Gasteiger partial charge is 0.301 e. The zero-order chi connectivity index (χ0) is 20.5. The third kappa shape index (κ3) is 3.47. The van der Waals surface area contributed by atoms with E-state index in [1.54, 1.807) is 36.5 Å². The van der Waals surface area contributed by atoms with Gasteiger partial charge in [0.2, 0.25) is 0 Å². The van der Waals surface area contributed by atoms with Crippen LogP contribution in [0.2, 0.25) is 0 Å². The summed E-state index contributed by atoms with van der Waals surface area (Å²) in [5.41, 5.74) is 2.26. The topological polar surface area (TPSA) is 70.5 Å². The van der Waals surface area contributed by atoms with E-state index in [0.29, 0.717) is 16.9 Å². The van der Waals surface area contributed by atoms with Crippen molar-refractivity contribution in [1.82, 2.24) is 4.98 Å². The van der Waals surface area contributed by atoms with E-state index < -0.39 is 17.7 Å². The monoisotopic (exact) mass is 448 g/mol. The molecule has 29 heavy (non-hydrogen) atoms. The van der Waals surface area contributed by atoms with Crippen LogP contribution in [0.1, 0.15) is 22.7 Å². The highest BCUT2D eigenvalue weighted by Gasteiger charge is 2.47. The van der Waals surface area contributed by atoms with Crippen LogP contribution < -0.4 is 4.90 Å². The number of ketones is 1. The van der Waals surface area contributed by atoms with Crippen LogP contribution in [0.25, 0.3) is 5.76 Å². The number of aryl methyl sites for hydroxylation is 1. The van der Waals surface area contributed by atoms with Crippen molar-refractivity contribution in [3.05, 3.63) is 99.7 Å². The highest BCUT2D eigenvalue weighted by molar-refractivity contribution is 9.10. The van der Waals surface area contributed by atoms with E-state index in [-0.39, 0.29) is 11.3 Å². The first-order valence-electron chi connectivity index (χ1n) is 9.02. The Morgan fingerprint density at radius 1 is 1.00 bits per heavy atom. The summed E-state index contributed by atoms with van der Waals surface area (Å²) < 4.78 is 0.870. The Kier molecular flexibility index (Phi) is 5.03. The average Bonchev–Trinajstić information content (AvgIpc) is 3.00. The highest BCUT2D eigenvalue weighted by atomic mass is 79.9. The van der Waals surface area contributed by atoms with Crippen LogP contribution in [0.5, 0.6) is 0 Å². The quantitative estimate of drug-likeness (QED) is 0.355. The maximum atomic E-state index is 13.0. The Labute approximate surface area is 176 Å². The van der Waals surface area contributed by atoms with Gasteiger partial charge in [0.15, 0.2) is 0 Å². The number of anilines is 1. The molecule has 4 rings (SSSR count). The molecule has 1 aliphatic rings. The van der Waals surface area contributed by atoms with E-state index in [1.807, 2.05) is 43.3 Å². The zero-order valence-electron chi connectivity index (χ0n) is 15.5. The number of aliphatic hydroxyl groups excluding tert-OH is 1. The molecule has 1 aromatic heterocycles. The molecular formula is C23H17BrN2O3. The van der Waals surface area contributed by atoms with Gasteiger partial charge < -0.3 is 5.11 Å². The Balaban J connectivity index is 1.94. The molecule has 0 saturated carbocycles. The molecule has 1 aliphatic heterocycles. The van der Waals surface area contributed by atoms with Gasteiger partial charge in [0.1, 0.15) is 11.6 Å². The van der Waals surface area contributed by atoms with Crippen molar-refractivity contribution in [2.45, 2.75) is 13.0 Å². The number of halogens is 1. The van der Waals surface area contributed by atoms with Gasteiger partial charge in [-0.15, -0.1) is 0 Å². The van der Waals surface area contributed by atoms with Gasteiger partial charge in [0.25, 0.3) is 5.78 Å². The molecule has 0 bridgehead atoms. The second-order valence-electron chi connectivity index (χ2n) is 6.77. The zero-order valence-corrected chi connectivity index (χ0v) is 17.1. The van der Waals surface area contributed by atoms with E-state index in [9.17, 15) is 14.7 Å². The molecule has 144 valence electrons. The molecule has 1 saturated heterocycles. The number of pyridine rings is 1. The highest BCUT2D eigenvalue weighted by Crippen LogP contribution is 2.41. The molecule has 5 nitrogen and oxygen atoms in total. The number of Topliss-reactive ketones (excluding diaryl/α,β-unsaturated/α-hetero) is 1. The minimum atomic E-state index is -0.778. The molecule has 1 unspecified atom stereocenters. The second-order valence-corrected chi connectivity index (χ2v) is 7.69. The van der Waals surface area contributed by atoms with Crippen molar-refractivity contribution < 1.29 is 14.7 Å². The number of carbonyl (C=O) groups excluding carboxylic acids is 2. The fourth-order valence-corrected chi connectivity index (χ4v) is 3.66. The van der Waals surface area contributed by atoms with Gasteiger partial charge in [0, 0.05) is 16.2 Å². The van der Waals surface area contributed by atoms with E-state index in [0.717, 1.165) is 10.0 Å². The SMILES string of the molecule is Cc1ccc(/C(O)=C2/C(=O)C(=O)N(c3ccccn3)C2c2ccc(Br)cc2)cc1. The summed E-state index contributed by atoms with van der Waals surface area (Å²) in [7, 11) is 0. The molecule has 0 radical (unpaired) electrons. The molecule has 1 N–H and O–H groups in total. The van der Waals surface area contributed by atoms with Gasteiger partial charge in [-0.25, -0.2) is 4.98 Å². The number of carbonyl (C=O) groups is 2. The Morgan fingerprint density at radius 3 is 2.31 bits per heavy atom. The summed E-state index contributed by atoms with van der Waals surface area (Å²) >= 11 is 3.40. The van der Waals surface area contributed by atoms with E-state index >= 15 is 0 Å². The minimum Gasteiger partial charge on any atom is -0.507 e. The Morgan fingerprint density at radius 2 is 1.69 bits per heavy atom. The second kappa shape index (κ2) is 7.64. The number of rotatable bonds is 3. The van der Waals surface area contributed by atoms with Gasteiger partial charge in [-0.05, 0) is 36.8 Å². The third-order valence-electron chi connectivity index (χ3n) is 4.85. The molecule has 1 fully saturated rings. The van der Waals surface area contributed by atoms with Crippen LogP contribution in [0.3, 0.4) is 0 Å². The third-order valence-corrected chi connectivity index (χ3v) is 5.38. The molecule has 3 aromatic rings. The van der Waals surface area contributed by atoms with Crippen LogP contribution in [-0.4, -0.2) is 21.8 Å². The molecule has 0 aliphatic carbocycles. The lowest BCUT2D eigenvalue weighted by Crippen LogP contribution is -2.30. The fraction of sp³-hybridized carbons (Fsp3) is 0.0870. The summed E-state index contributed by atoms with van der Waals surface area (Å²) in [5.74, 6) is -1.30. The number of benzene rings is 2. The average molecular weight is 449 g/mol. The predicted molar refractivity (Wildman–Crippen MR) is 114 cm³/mol. The minimum absolute atomic E-state index is 0.0480. The van der Waals surface area contributed by atoms with E-state index in [1.165, 1.54) is 4.90 Å². The van der Waals surface area contributed by atoms with Gasteiger partial charge in [-0.1, -0.05) is 64.0 Å². The Hall–Kier alpha value is -3.25. The molecule has 2 heterocycles. The van der Waals surface area contributed by atoms with E-state index in [2.05, 4.69) is 20.9 Å². The lowest BCUT2D eigenvalue weighted by atomic mass is 9.95. The standard InChI is InChI=1S/C23H17BrN2O3/c1-14-5-7-16(8-6-14)21(27)19-20(15-9-11-17(24)12-10-15)26(23(29)22(19)28)18-4-2-3-13-25-18/h2-13,20,27H,1H3/b21-19-. The molecule has 1 amide bonds. The van der Waals surface area contributed by atoms with Gasteiger partial charge in [-0.3, -0.25) is 14.5 Å². The number of aliphatic hydroxyl groups is 1. The summed E-state index contributed by atoms with van der Waals surface area (Å²) in [6.07, 6.45) is 1.56. The lowest BCUT2D eigenvalue weighted by Gasteiger charge is -2.24. The van der Waals surface area contributed by atoms with Crippen LogP contribution in [0.15, 0.2) is 83.0 Å². The number of hydrogen-bond donors (Lipinski definition) is 1. The largest absolute Gasteiger partial charge is 0.507 e. The van der Waals surface area contributed by atoms with E-state index in [4.69, 9.17) is 0 Å². The summed E-state index contributed by atoms with van der Waals surface area (Å²) in [6.45, 7) is 1.94. The van der Waals surface area contributed by atoms with Crippen molar-refractivity contribution in [2.24, 2.45) is 0 Å². The first-order valence-corrected chi connectivity index (χ1v) is 9.81. The summed E-state index contributed by atoms with van der Waals surface area (Å²) in [6, 6.07) is 18.8. The maximum absolute atomic E-state index is 13.0. The molecule has 2 aromatic carbocycles. The summed E-state index contributed by atoms with van der Waals surface area (Å²) in [5, 5.41) is 11.0. The first kappa shape index (κ1) is 19.1. The van der Waals surface area contributed by atoms with Crippen molar-refractivity contribution in [3.63, 3.8) is 0 Å². The predicted octanol–water partition coefficient (Wildman–Crippen LogP) is 4.78. The van der Waals surface area contributed by atoms with Crippen LogP contribution in [-0.2, 0) is 9.59 Å². The van der Waals surface area contributed by atoms with Crippen LogP contribution in [0, 0.1) is 6.92 Å². The Bertz CT molecular complexity index is 1110. The summed E-state index contributed by atoms with van der Waals surface area (Å²) in [4.78, 5) is 31.5. The first-order chi connectivity index (χ1) is 14.0. The van der Waals surface area contributed by atoms with Crippen LogP contribution >= 0.6 is 15.9 Å². The van der Waals surface area contributed by atoms with Crippen molar-refractivity contribution in [3.8, 4) is 0 Å². The molecular weight excluding hydrogens is 432 g/mol. The number of nitrogens with zero attached hydrogens (tertiary/aromatic N) is 2. The number of aromatic nitrogens is 1. The number of amides is 1. The molecule has 1 atom stereocenters. The normalized spacial score (nSPS) is 18.3. The maximum Gasteiger partial charge on any atom is 0.301 e. The van der Waals surface area contributed by atoms with Crippen molar-refractivity contribution >= 4 is 39.2 Å². The molecule has 0 spiro atoms. The van der Waals surface area contributed by atoms with Gasteiger partial charge in [-0.2, -0.15) is 0 Å². The van der Waals surface area contributed by atoms with Crippen molar-refractivity contribution in [1.29, 1.82) is 0 Å². The van der Waals surface area contributed by atoms with Gasteiger partial charge >= 0.3 is 5.91 Å². The fourth-order valence-electron chi connectivity index (χ4n) is 3.39.